The van der Waals surface area contributed by atoms with Gasteiger partial charge in [-0.15, -0.1) is 11.3 Å². The second-order valence-corrected chi connectivity index (χ2v) is 5.41. The third-order valence-corrected chi connectivity index (χ3v) is 4.36. The van der Waals surface area contributed by atoms with E-state index in [1.54, 1.807) is 22.3 Å². The van der Waals surface area contributed by atoms with Crippen LogP contribution in [0.3, 0.4) is 0 Å². The van der Waals surface area contributed by atoms with E-state index < -0.39 is 0 Å². The standard InChI is InChI=1S/C12H14N4OS/c1-9-10-3-5-18-11(10)2-4-16(9)12(17)6-15-8-13-7-14-15/h3,5,7-9H,2,4,6H2,1H3. The molecule has 1 aliphatic rings. The van der Waals surface area contributed by atoms with E-state index in [0.717, 1.165) is 13.0 Å². The zero-order valence-corrected chi connectivity index (χ0v) is 10.9. The van der Waals surface area contributed by atoms with Gasteiger partial charge in [0.1, 0.15) is 19.2 Å². The first kappa shape index (κ1) is 11.4. The van der Waals surface area contributed by atoms with Crippen LogP contribution in [-0.4, -0.2) is 32.1 Å². The lowest BCUT2D eigenvalue weighted by Crippen LogP contribution is -2.40. The van der Waals surface area contributed by atoms with Gasteiger partial charge in [-0.25, -0.2) is 9.67 Å². The van der Waals surface area contributed by atoms with E-state index in [2.05, 4.69) is 28.5 Å². The quantitative estimate of drug-likeness (QED) is 0.824. The number of nitrogens with zero attached hydrogens (tertiary/aromatic N) is 4. The van der Waals surface area contributed by atoms with Crippen LogP contribution in [0.1, 0.15) is 23.4 Å². The number of thiophene rings is 1. The van der Waals surface area contributed by atoms with Crippen molar-refractivity contribution < 1.29 is 4.79 Å². The van der Waals surface area contributed by atoms with Crippen molar-refractivity contribution >= 4 is 17.2 Å². The second kappa shape index (κ2) is 4.53. The maximum absolute atomic E-state index is 12.2. The number of rotatable bonds is 2. The van der Waals surface area contributed by atoms with Crippen LogP contribution in [0.5, 0.6) is 0 Å². The summed E-state index contributed by atoms with van der Waals surface area (Å²) in [4.78, 5) is 19.4. The number of amides is 1. The van der Waals surface area contributed by atoms with E-state index in [4.69, 9.17) is 0 Å². The minimum absolute atomic E-state index is 0.102. The number of aromatic nitrogens is 3. The molecular weight excluding hydrogens is 248 g/mol. The van der Waals surface area contributed by atoms with Crippen LogP contribution in [-0.2, 0) is 17.8 Å². The Balaban J connectivity index is 1.76. The first-order valence-electron chi connectivity index (χ1n) is 5.94. The summed E-state index contributed by atoms with van der Waals surface area (Å²) in [5.74, 6) is 0.102. The van der Waals surface area contributed by atoms with Crippen LogP contribution in [0.4, 0.5) is 0 Å². The number of hydrogen-bond donors (Lipinski definition) is 0. The lowest BCUT2D eigenvalue weighted by atomic mass is 10.0. The van der Waals surface area contributed by atoms with Gasteiger partial charge in [0.15, 0.2) is 0 Å². The molecule has 2 aromatic heterocycles. The molecule has 3 rings (SSSR count). The number of hydrogen-bond acceptors (Lipinski definition) is 4. The Labute approximate surface area is 109 Å². The zero-order valence-electron chi connectivity index (χ0n) is 10.1. The Hall–Kier alpha value is -1.69. The van der Waals surface area contributed by atoms with Gasteiger partial charge in [0.05, 0.1) is 6.04 Å². The van der Waals surface area contributed by atoms with Crippen LogP contribution in [0.2, 0.25) is 0 Å². The summed E-state index contributed by atoms with van der Waals surface area (Å²) in [7, 11) is 0. The number of carbonyl (C=O) groups excluding carboxylic acids is 1. The lowest BCUT2D eigenvalue weighted by Gasteiger charge is -2.33. The SMILES string of the molecule is CC1c2ccsc2CCN1C(=O)Cn1cncn1. The average molecular weight is 262 g/mol. The smallest absolute Gasteiger partial charge is 0.244 e. The zero-order chi connectivity index (χ0) is 12.5. The maximum atomic E-state index is 12.2. The van der Waals surface area contributed by atoms with E-state index in [1.807, 2.05) is 4.90 Å². The van der Waals surface area contributed by atoms with Crippen LogP contribution < -0.4 is 0 Å². The topological polar surface area (TPSA) is 51.0 Å². The molecule has 0 saturated carbocycles. The minimum atomic E-state index is 0.102. The molecular formula is C12H14N4OS. The molecule has 1 aliphatic heterocycles. The van der Waals surface area contributed by atoms with E-state index in [1.165, 1.54) is 16.8 Å². The van der Waals surface area contributed by atoms with Gasteiger partial charge in [-0.2, -0.15) is 5.10 Å². The van der Waals surface area contributed by atoms with Gasteiger partial charge < -0.3 is 4.90 Å². The molecule has 0 aliphatic carbocycles. The summed E-state index contributed by atoms with van der Waals surface area (Å²) in [6.45, 7) is 3.15. The van der Waals surface area contributed by atoms with Crippen LogP contribution >= 0.6 is 11.3 Å². The summed E-state index contributed by atoms with van der Waals surface area (Å²) in [5, 5.41) is 6.07. The van der Waals surface area contributed by atoms with Gasteiger partial charge in [0, 0.05) is 11.4 Å². The molecule has 0 bridgehead atoms. The molecule has 0 fully saturated rings. The van der Waals surface area contributed by atoms with E-state index in [-0.39, 0.29) is 18.5 Å². The molecule has 18 heavy (non-hydrogen) atoms. The molecule has 1 unspecified atom stereocenters. The molecule has 0 aromatic carbocycles. The van der Waals surface area contributed by atoms with E-state index >= 15 is 0 Å². The predicted octanol–water partition coefficient (Wildman–Crippen LogP) is 1.49. The monoisotopic (exact) mass is 262 g/mol. The lowest BCUT2D eigenvalue weighted by molar-refractivity contribution is -0.134. The third-order valence-electron chi connectivity index (χ3n) is 3.36. The molecule has 0 radical (unpaired) electrons. The van der Waals surface area contributed by atoms with Gasteiger partial charge in [-0.05, 0) is 30.4 Å². The molecule has 3 heterocycles. The Morgan fingerprint density at radius 2 is 2.50 bits per heavy atom. The second-order valence-electron chi connectivity index (χ2n) is 4.41. The highest BCUT2D eigenvalue weighted by Crippen LogP contribution is 2.32. The van der Waals surface area contributed by atoms with Gasteiger partial charge in [-0.1, -0.05) is 0 Å². The van der Waals surface area contributed by atoms with Crippen molar-refractivity contribution in [2.75, 3.05) is 6.54 Å². The molecule has 0 N–H and O–H groups in total. The molecule has 0 saturated heterocycles. The summed E-state index contributed by atoms with van der Waals surface area (Å²) in [6.07, 6.45) is 3.98. The summed E-state index contributed by atoms with van der Waals surface area (Å²) in [5.41, 5.74) is 1.29. The van der Waals surface area contributed by atoms with Crippen molar-refractivity contribution in [1.29, 1.82) is 0 Å². The van der Waals surface area contributed by atoms with Crippen LogP contribution in [0.25, 0.3) is 0 Å². The van der Waals surface area contributed by atoms with Crippen molar-refractivity contribution in [3.63, 3.8) is 0 Å². The molecule has 1 atom stereocenters. The maximum Gasteiger partial charge on any atom is 0.244 e. The third kappa shape index (κ3) is 1.92. The number of carbonyl (C=O) groups is 1. The van der Waals surface area contributed by atoms with Crippen molar-refractivity contribution in [3.8, 4) is 0 Å². The molecule has 6 heteroatoms. The van der Waals surface area contributed by atoms with Crippen molar-refractivity contribution in [2.45, 2.75) is 25.9 Å². The molecule has 1 amide bonds. The van der Waals surface area contributed by atoms with Crippen molar-refractivity contribution in [1.82, 2.24) is 19.7 Å². The van der Waals surface area contributed by atoms with Gasteiger partial charge in [0.25, 0.3) is 0 Å². The summed E-state index contributed by atoms with van der Waals surface area (Å²) < 4.78 is 1.57. The first-order valence-corrected chi connectivity index (χ1v) is 6.82. The summed E-state index contributed by atoms with van der Waals surface area (Å²) in [6, 6.07) is 2.29. The highest BCUT2D eigenvalue weighted by atomic mass is 32.1. The Kier molecular flexibility index (Phi) is 2.87. The largest absolute Gasteiger partial charge is 0.334 e. The Morgan fingerprint density at radius 3 is 3.28 bits per heavy atom. The van der Waals surface area contributed by atoms with Gasteiger partial charge in [-0.3, -0.25) is 4.79 Å². The fraction of sp³-hybridized carbons (Fsp3) is 0.417. The van der Waals surface area contributed by atoms with Gasteiger partial charge in [0.2, 0.25) is 5.91 Å². The number of fused-ring (bicyclic) bond motifs is 1. The van der Waals surface area contributed by atoms with Crippen molar-refractivity contribution in [2.24, 2.45) is 0 Å². The van der Waals surface area contributed by atoms with Gasteiger partial charge >= 0.3 is 0 Å². The van der Waals surface area contributed by atoms with Crippen molar-refractivity contribution in [3.05, 3.63) is 34.5 Å². The Morgan fingerprint density at radius 1 is 1.61 bits per heavy atom. The fourth-order valence-electron chi connectivity index (χ4n) is 2.39. The average Bonchev–Trinajstić information content (AvgIpc) is 2.99. The Bertz CT molecular complexity index is 548. The van der Waals surface area contributed by atoms with E-state index in [9.17, 15) is 4.79 Å². The fourth-order valence-corrected chi connectivity index (χ4v) is 3.36. The molecule has 2 aromatic rings. The van der Waals surface area contributed by atoms with E-state index in [0.29, 0.717) is 0 Å². The first-order chi connectivity index (χ1) is 8.75. The molecule has 94 valence electrons. The predicted molar refractivity (Wildman–Crippen MR) is 68.2 cm³/mol. The highest BCUT2D eigenvalue weighted by molar-refractivity contribution is 7.10. The highest BCUT2D eigenvalue weighted by Gasteiger charge is 2.28. The van der Waals surface area contributed by atoms with Crippen LogP contribution in [0.15, 0.2) is 24.1 Å². The summed E-state index contributed by atoms with van der Waals surface area (Å²) >= 11 is 1.78. The molecule has 5 nitrogen and oxygen atoms in total. The normalized spacial score (nSPS) is 18.7. The minimum Gasteiger partial charge on any atom is -0.334 e. The molecule has 0 spiro atoms. The van der Waals surface area contributed by atoms with Crippen LogP contribution in [0, 0.1) is 0 Å².